The molecule has 0 radical (unpaired) electrons. The van der Waals surface area contributed by atoms with Crippen LogP contribution in [0.25, 0.3) is 0 Å². The molecule has 0 aliphatic heterocycles. The fraction of sp³-hybridized carbons (Fsp3) is 0.235. The molecule has 0 aliphatic carbocycles. The van der Waals surface area contributed by atoms with Gasteiger partial charge in [0.05, 0.1) is 17.1 Å². The van der Waals surface area contributed by atoms with Crippen molar-refractivity contribution in [2.24, 2.45) is 0 Å². The lowest BCUT2D eigenvalue weighted by atomic mass is 10.1. The maximum atomic E-state index is 12.5. The van der Waals surface area contributed by atoms with E-state index in [2.05, 4.69) is 5.32 Å². The van der Waals surface area contributed by atoms with Gasteiger partial charge in [-0.15, -0.1) is 0 Å². The number of hydrogen-bond donors (Lipinski definition) is 2. The van der Waals surface area contributed by atoms with Gasteiger partial charge in [0.1, 0.15) is 0 Å². The first-order valence-corrected chi connectivity index (χ1v) is 7.45. The van der Waals surface area contributed by atoms with E-state index in [0.29, 0.717) is 12.2 Å². The number of nitrogens with zero attached hydrogens (tertiary/aromatic N) is 2. The number of likely N-dealkylation sites (N-methyl/N-ethyl adjacent to an activating group) is 1. The molecular weight excluding hydrogens is 310 g/mol. The van der Waals surface area contributed by atoms with Crippen molar-refractivity contribution in [2.75, 3.05) is 25.5 Å². The van der Waals surface area contributed by atoms with Gasteiger partial charge in [0, 0.05) is 38.0 Å². The Morgan fingerprint density at radius 2 is 1.96 bits per heavy atom. The molecule has 2 aromatic rings. The monoisotopic (exact) mass is 329 g/mol. The van der Waals surface area contributed by atoms with Crippen LogP contribution in [0.4, 0.5) is 11.4 Å². The average molecular weight is 329 g/mol. The molecule has 0 bridgehead atoms. The van der Waals surface area contributed by atoms with E-state index in [1.165, 1.54) is 23.1 Å². The van der Waals surface area contributed by atoms with Crippen LogP contribution in [0.5, 0.6) is 0 Å². The first-order valence-electron chi connectivity index (χ1n) is 7.45. The number of nitro groups is 1. The Kier molecular flexibility index (Phi) is 5.86. The number of nitrogens with one attached hydrogen (secondary N) is 1. The number of benzene rings is 2. The van der Waals surface area contributed by atoms with Gasteiger partial charge in [-0.05, 0) is 11.6 Å². The van der Waals surface area contributed by atoms with Crippen LogP contribution in [0.1, 0.15) is 15.9 Å². The van der Waals surface area contributed by atoms with Gasteiger partial charge in [-0.25, -0.2) is 0 Å². The minimum Gasteiger partial charge on any atom is -0.395 e. The second kappa shape index (κ2) is 8.07. The molecule has 0 saturated heterocycles. The number of amides is 1. The molecular formula is C17H19N3O4. The quantitative estimate of drug-likeness (QED) is 0.600. The van der Waals surface area contributed by atoms with E-state index in [4.69, 9.17) is 5.11 Å². The van der Waals surface area contributed by atoms with Gasteiger partial charge in [0.25, 0.3) is 11.6 Å². The number of aliphatic hydroxyl groups is 1. The first kappa shape index (κ1) is 17.4. The highest BCUT2D eigenvalue weighted by Crippen LogP contribution is 2.24. The summed E-state index contributed by atoms with van der Waals surface area (Å²) in [6.45, 7) is 0.465. The molecule has 7 heteroatoms. The molecule has 126 valence electrons. The largest absolute Gasteiger partial charge is 0.395 e. The van der Waals surface area contributed by atoms with Crippen molar-refractivity contribution in [3.63, 3.8) is 0 Å². The van der Waals surface area contributed by atoms with Crippen LogP contribution in [0.15, 0.2) is 48.5 Å². The molecule has 1 amide bonds. The number of carbonyl (C=O) groups excluding carboxylic acids is 1. The van der Waals surface area contributed by atoms with Gasteiger partial charge < -0.3 is 15.3 Å². The number of carbonyl (C=O) groups is 1. The van der Waals surface area contributed by atoms with Crippen LogP contribution >= 0.6 is 0 Å². The van der Waals surface area contributed by atoms with Crippen molar-refractivity contribution < 1.29 is 14.8 Å². The van der Waals surface area contributed by atoms with E-state index in [0.717, 1.165) is 5.56 Å². The average Bonchev–Trinajstić information content (AvgIpc) is 2.60. The van der Waals surface area contributed by atoms with E-state index < -0.39 is 4.92 Å². The predicted octanol–water partition coefficient (Wildman–Crippen LogP) is 2.27. The lowest BCUT2D eigenvalue weighted by molar-refractivity contribution is -0.384. The van der Waals surface area contributed by atoms with E-state index >= 15 is 0 Å². The van der Waals surface area contributed by atoms with Crippen LogP contribution in [0, 0.1) is 10.1 Å². The Bertz CT molecular complexity index is 719. The minimum absolute atomic E-state index is 0.152. The van der Waals surface area contributed by atoms with E-state index in [-0.39, 0.29) is 30.3 Å². The van der Waals surface area contributed by atoms with Gasteiger partial charge in [0.2, 0.25) is 0 Å². The highest BCUT2D eigenvalue weighted by molar-refractivity contribution is 6.00. The van der Waals surface area contributed by atoms with E-state index in [1.54, 1.807) is 7.05 Å². The van der Waals surface area contributed by atoms with Crippen LogP contribution in [-0.4, -0.2) is 41.0 Å². The summed E-state index contributed by atoms with van der Waals surface area (Å²) in [4.78, 5) is 24.3. The molecule has 0 unspecified atom stereocenters. The number of hydrogen-bond acceptors (Lipinski definition) is 5. The fourth-order valence-corrected chi connectivity index (χ4v) is 2.23. The third kappa shape index (κ3) is 4.30. The first-order chi connectivity index (χ1) is 11.5. The third-order valence-electron chi connectivity index (χ3n) is 3.55. The maximum absolute atomic E-state index is 12.5. The summed E-state index contributed by atoms with van der Waals surface area (Å²) in [6.07, 6.45) is 0. The molecule has 0 heterocycles. The summed E-state index contributed by atoms with van der Waals surface area (Å²) in [7, 11) is 1.54. The Balaban J connectivity index is 2.28. The molecule has 2 N–H and O–H groups in total. The fourth-order valence-electron chi connectivity index (χ4n) is 2.23. The van der Waals surface area contributed by atoms with Crippen molar-refractivity contribution in [2.45, 2.75) is 6.54 Å². The Morgan fingerprint density at radius 3 is 2.58 bits per heavy atom. The third-order valence-corrected chi connectivity index (χ3v) is 3.55. The van der Waals surface area contributed by atoms with Gasteiger partial charge in [-0.3, -0.25) is 14.9 Å². The zero-order valence-electron chi connectivity index (χ0n) is 13.3. The van der Waals surface area contributed by atoms with Crippen molar-refractivity contribution in [1.82, 2.24) is 4.90 Å². The van der Waals surface area contributed by atoms with Gasteiger partial charge in [-0.2, -0.15) is 0 Å². The molecule has 0 spiro atoms. The SMILES string of the molecule is CN(CCO)C(=O)c1cc([N+](=O)[O-])ccc1NCc1ccccc1. The Labute approximate surface area is 139 Å². The summed E-state index contributed by atoms with van der Waals surface area (Å²) in [5, 5.41) is 23.1. The zero-order valence-corrected chi connectivity index (χ0v) is 13.3. The molecule has 0 atom stereocenters. The van der Waals surface area contributed by atoms with Gasteiger partial charge in [-0.1, -0.05) is 30.3 Å². The number of aliphatic hydroxyl groups excluding tert-OH is 1. The smallest absolute Gasteiger partial charge is 0.270 e. The molecule has 0 aliphatic rings. The van der Waals surface area contributed by atoms with E-state index in [1.807, 2.05) is 30.3 Å². The molecule has 24 heavy (non-hydrogen) atoms. The van der Waals surface area contributed by atoms with Gasteiger partial charge >= 0.3 is 0 Å². The minimum atomic E-state index is -0.538. The van der Waals surface area contributed by atoms with E-state index in [9.17, 15) is 14.9 Å². The topological polar surface area (TPSA) is 95.7 Å². The summed E-state index contributed by atoms with van der Waals surface area (Å²) in [5.74, 6) is -0.386. The standard InChI is InChI=1S/C17H19N3O4/c1-19(9-10-21)17(22)15-11-14(20(23)24)7-8-16(15)18-12-13-5-3-2-4-6-13/h2-8,11,18,21H,9-10,12H2,1H3. The lowest BCUT2D eigenvalue weighted by Crippen LogP contribution is -2.30. The highest BCUT2D eigenvalue weighted by Gasteiger charge is 2.19. The van der Waals surface area contributed by atoms with Crippen LogP contribution in [0.3, 0.4) is 0 Å². The van der Waals surface area contributed by atoms with Crippen molar-refractivity contribution >= 4 is 17.3 Å². The Morgan fingerprint density at radius 1 is 1.25 bits per heavy atom. The maximum Gasteiger partial charge on any atom is 0.270 e. The summed E-state index contributed by atoms with van der Waals surface area (Å²) < 4.78 is 0. The van der Waals surface area contributed by atoms with Crippen LogP contribution in [0.2, 0.25) is 0 Å². The second-order valence-corrected chi connectivity index (χ2v) is 5.28. The second-order valence-electron chi connectivity index (χ2n) is 5.28. The molecule has 2 aromatic carbocycles. The molecule has 7 nitrogen and oxygen atoms in total. The summed E-state index contributed by atoms with van der Waals surface area (Å²) >= 11 is 0. The summed E-state index contributed by atoms with van der Waals surface area (Å²) in [5.41, 5.74) is 1.59. The normalized spacial score (nSPS) is 10.2. The van der Waals surface area contributed by atoms with Crippen molar-refractivity contribution in [1.29, 1.82) is 0 Å². The van der Waals surface area contributed by atoms with Crippen molar-refractivity contribution in [3.05, 3.63) is 69.8 Å². The Hall–Kier alpha value is -2.93. The number of rotatable bonds is 7. The predicted molar refractivity (Wildman–Crippen MR) is 90.9 cm³/mol. The summed E-state index contributed by atoms with van der Waals surface area (Å²) in [6, 6.07) is 13.8. The van der Waals surface area contributed by atoms with Crippen LogP contribution in [-0.2, 0) is 6.54 Å². The van der Waals surface area contributed by atoms with Crippen molar-refractivity contribution in [3.8, 4) is 0 Å². The molecule has 0 fully saturated rings. The highest BCUT2D eigenvalue weighted by atomic mass is 16.6. The number of non-ortho nitro benzene ring substituents is 1. The number of nitro benzene ring substituents is 1. The molecule has 2 rings (SSSR count). The zero-order chi connectivity index (χ0) is 17.5. The molecule has 0 saturated carbocycles. The number of anilines is 1. The van der Waals surface area contributed by atoms with Crippen LogP contribution < -0.4 is 5.32 Å². The van der Waals surface area contributed by atoms with Gasteiger partial charge in [0.15, 0.2) is 0 Å². The lowest BCUT2D eigenvalue weighted by Gasteiger charge is -2.18. The molecule has 0 aromatic heterocycles.